The van der Waals surface area contributed by atoms with Crippen LogP contribution in [-0.2, 0) is 19.6 Å². The first kappa shape index (κ1) is 24.0. The Morgan fingerprint density at radius 1 is 1.04 bits per heavy atom. The number of morpholine rings is 1. The SMILES string of the molecule is NCCCCCCS(=O)(=O)N(CCN1CCOCC1)OCCC1CCCCC1. The summed E-state index contributed by atoms with van der Waals surface area (Å²) in [5, 5.41) is 0. The van der Waals surface area contributed by atoms with Gasteiger partial charge >= 0.3 is 0 Å². The maximum atomic E-state index is 12.9. The van der Waals surface area contributed by atoms with Gasteiger partial charge in [0.2, 0.25) is 10.0 Å². The van der Waals surface area contributed by atoms with Crippen molar-refractivity contribution in [1.29, 1.82) is 0 Å². The Morgan fingerprint density at radius 3 is 2.46 bits per heavy atom. The van der Waals surface area contributed by atoms with Gasteiger partial charge in [0.05, 0.1) is 32.1 Å². The van der Waals surface area contributed by atoms with Crippen molar-refractivity contribution < 1.29 is 18.0 Å². The van der Waals surface area contributed by atoms with Gasteiger partial charge in [0, 0.05) is 19.6 Å². The van der Waals surface area contributed by atoms with Gasteiger partial charge in [-0.1, -0.05) is 49.4 Å². The standard InChI is InChI=1S/C20H41N3O4S/c21-11-6-1-2-7-19-28(24,25)23(13-12-22-14-17-26-18-15-22)27-16-10-20-8-4-3-5-9-20/h20H,1-19,21H2. The molecule has 8 heteroatoms. The number of hydroxylamine groups is 1. The minimum Gasteiger partial charge on any atom is -0.379 e. The molecule has 166 valence electrons. The second-order valence-electron chi connectivity index (χ2n) is 8.13. The molecule has 2 fully saturated rings. The van der Waals surface area contributed by atoms with Crippen LogP contribution in [0.25, 0.3) is 0 Å². The van der Waals surface area contributed by atoms with Crippen LogP contribution >= 0.6 is 0 Å². The topological polar surface area (TPSA) is 85.1 Å². The third-order valence-electron chi connectivity index (χ3n) is 5.86. The van der Waals surface area contributed by atoms with Crippen LogP contribution in [0.15, 0.2) is 0 Å². The normalized spacial score (nSPS) is 20.1. The molecule has 0 aromatic carbocycles. The van der Waals surface area contributed by atoms with Crippen LogP contribution in [-0.4, -0.2) is 76.1 Å². The minimum absolute atomic E-state index is 0.157. The Bertz CT molecular complexity index is 492. The first-order valence-corrected chi connectivity index (χ1v) is 12.9. The van der Waals surface area contributed by atoms with Crippen molar-refractivity contribution in [3.8, 4) is 0 Å². The van der Waals surface area contributed by atoms with E-state index in [1.165, 1.54) is 36.6 Å². The number of hydrogen-bond acceptors (Lipinski definition) is 6. The molecule has 0 spiro atoms. The molecule has 0 bridgehead atoms. The summed E-state index contributed by atoms with van der Waals surface area (Å²) in [5.74, 6) is 0.846. The van der Waals surface area contributed by atoms with Crippen molar-refractivity contribution in [3.63, 3.8) is 0 Å². The van der Waals surface area contributed by atoms with Crippen molar-refractivity contribution in [3.05, 3.63) is 0 Å². The number of nitrogens with two attached hydrogens (primary N) is 1. The highest BCUT2D eigenvalue weighted by Gasteiger charge is 2.24. The van der Waals surface area contributed by atoms with E-state index in [0.717, 1.165) is 52.0 Å². The zero-order valence-corrected chi connectivity index (χ0v) is 18.3. The number of sulfonamides is 1. The molecule has 1 heterocycles. The van der Waals surface area contributed by atoms with Gasteiger partial charge in [-0.25, -0.2) is 8.42 Å². The van der Waals surface area contributed by atoms with Gasteiger partial charge in [-0.15, -0.1) is 0 Å². The second-order valence-corrected chi connectivity index (χ2v) is 10.1. The Labute approximate surface area is 171 Å². The Morgan fingerprint density at radius 2 is 1.75 bits per heavy atom. The van der Waals surface area contributed by atoms with Crippen molar-refractivity contribution >= 4 is 10.0 Å². The summed E-state index contributed by atoms with van der Waals surface area (Å²) < 4.78 is 32.4. The lowest BCUT2D eigenvalue weighted by molar-refractivity contribution is -0.0952. The summed E-state index contributed by atoms with van der Waals surface area (Å²) in [6.07, 6.45) is 10.9. The first-order valence-electron chi connectivity index (χ1n) is 11.3. The molecular formula is C20H41N3O4S. The van der Waals surface area contributed by atoms with E-state index in [1.54, 1.807) is 0 Å². The second kappa shape index (κ2) is 13.9. The van der Waals surface area contributed by atoms with Crippen molar-refractivity contribution in [1.82, 2.24) is 9.37 Å². The number of unbranched alkanes of at least 4 members (excludes halogenated alkanes) is 3. The maximum absolute atomic E-state index is 12.9. The van der Waals surface area contributed by atoms with Crippen LogP contribution < -0.4 is 5.73 Å². The molecule has 0 unspecified atom stereocenters. The van der Waals surface area contributed by atoms with E-state index in [0.29, 0.717) is 38.6 Å². The summed E-state index contributed by atoms with van der Waals surface area (Å²) in [6.45, 7) is 5.41. The zero-order chi connectivity index (χ0) is 20.1. The third-order valence-corrected chi connectivity index (χ3v) is 7.57. The van der Waals surface area contributed by atoms with Crippen LogP contribution in [0, 0.1) is 5.92 Å². The highest BCUT2D eigenvalue weighted by molar-refractivity contribution is 7.88. The van der Waals surface area contributed by atoms with Gasteiger partial charge in [0.15, 0.2) is 0 Å². The molecular weight excluding hydrogens is 378 g/mol. The fourth-order valence-corrected chi connectivity index (χ4v) is 5.38. The molecule has 0 radical (unpaired) electrons. The predicted octanol–water partition coefficient (Wildman–Crippen LogP) is 2.37. The van der Waals surface area contributed by atoms with Gasteiger partial charge in [-0.3, -0.25) is 9.74 Å². The minimum atomic E-state index is -3.39. The molecule has 0 amide bonds. The van der Waals surface area contributed by atoms with E-state index in [4.69, 9.17) is 15.3 Å². The quantitative estimate of drug-likeness (QED) is 0.344. The molecule has 2 N–H and O–H groups in total. The van der Waals surface area contributed by atoms with E-state index >= 15 is 0 Å². The van der Waals surface area contributed by atoms with Crippen LogP contribution in [0.2, 0.25) is 0 Å². The van der Waals surface area contributed by atoms with E-state index in [-0.39, 0.29) is 5.75 Å². The molecule has 28 heavy (non-hydrogen) atoms. The maximum Gasteiger partial charge on any atom is 0.236 e. The molecule has 2 aliphatic rings. The molecule has 1 aliphatic carbocycles. The lowest BCUT2D eigenvalue weighted by Crippen LogP contribution is -2.43. The lowest BCUT2D eigenvalue weighted by atomic mass is 9.87. The van der Waals surface area contributed by atoms with Crippen LogP contribution in [0.1, 0.15) is 64.2 Å². The zero-order valence-electron chi connectivity index (χ0n) is 17.5. The van der Waals surface area contributed by atoms with Crippen molar-refractivity contribution in [2.75, 3.05) is 58.3 Å². The third kappa shape index (κ3) is 9.50. The lowest BCUT2D eigenvalue weighted by Gasteiger charge is -2.29. The number of nitrogens with zero attached hydrogens (tertiary/aromatic N) is 2. The smallest absolute Gasteiger partial charge is 0.236 e. The van der Waals surface area contributed by atoms with Crippen LogP contribution in [0.5, 0.6) is 0 Å². The average molecular weight is 420 g/mol. The first-order chi connectivity index (χ1) is 13.6. The summed E-state index contributed by atoms with van der Waals surface area (Å²) in [7, 11) is -3.39. The highest BCUT2D eigenvalue weighted by Crippen LogP contribution is 2.26. The molecule has 7 nitrogen and oxygen atoms in total. The van der Waals surface area contributed by atoms with E-state index in [9.17, 15) is 8.42 Å². The summed E-state index contributed by atoms with van der Waals surface area (Å²) in [5.41, 5.74) is 5.51. The Kier molecular flexibility index (Phi) is 11.9. The fraction of sp³-hybridized carbons (Fsp3) is 1.00. The molecule has 2 rings (SSSR count). The molecule has 0 aromatic rings. The fourth-order valence-electron chi connectivity index (χ4n) is 4.01. The van der Waals surface area contributed by atoms with Gasteiger partial charge in [-0.05, 0) is 31.7 Å². The van der Waals surface area contributed by atoms with Crippen LogP contribution in [0.3, 0.4) is 0 Å². The number of rotatable bonds is 14. The molecule has 0 atom stereocenters. The molecule has 1 aliphatic heterocycles. The summed E-state index contributed by atoms with van der Waals surface area (Å²) in [6, 6.07) is 0. The van der Waals surface area contributed by atoms with Gasteiger partial charge in [0.25, 0.3) is 0 Å². The summed E-state index contributed by atoms with van der Waals surface area (Å²) >= 11 is 0. The van der Waals surface area contributed by atoms with E-state index < -0.39 is 10.0 Å². The largest absolute Gasteiger partial charge is 0.379 e. The van der Waals surface area contributed by atoms with Gasteiger partial charge < -0.3 is 10.5 Å². The molecule has 1 saturated heterocycles. The van der Waals surface area contributed by atoms with Crippen molar-refractivity contribution in [2.24, 2.45) is 11.7 Å². The predicted molar refractivity (Wildman–Crippen MR) is 112 cm³/mol. The molecule has 0 aromatic heterocycles. The molecule has 1 saturated carbocycles. The van der Waals surface area contributed by atoms with Gasteiger partial charge in [0.1, 0.15) is 0 Å². The van der Waals surface area contributed by atoms with E-state index in [2.05, 4.69) is 4.90 Å². The average Bonchev–Trinajstić information content (AvgIpc) is 2.71. The van der Waals surface area contributed by atoms with E-state index in [1.807, 2.05) is 0 Å². The number of ether oxygens (including phenoxy) is 1. The van der Waals surface area contributed by atoms with Gasteiger partial charge in [-0.2, -0.15) is 0 Å². The monoisotopic (exact) mass is 419 g/mol. The Balaban J connectivity index is 1.80. The van der Waals surface area contributed by atoms with Crippen molar-refractivity contribution in [2.45, 2.75) is 64.2 Å². The highest BCUT2D eigenvalue weighted by atomic mass is 32.2. The van der Waals surface area contributed by atoms with Crippen LogP contribution in [0.4, 0.5) is 0 Å². The number of hydrogen-bond donors (Lipinski definition) is 1. The summed E-state index contributed by atoms with van der Waals surface area (Å²) in [4.78, 5) is 8.09. The Hall–Kier alpha value is -0.250.